The molecule has 12 heavy (non-hydrogen) atoms. The monoisotopic (exact) mass is 168 g/mol. The van der Waals surface area contributed by atoms with Gasteiger partial charge in [-0.3, -0.25) is 0 Å². The third kappa shape index (κ3) is 2.20. The molecule has 0 aromatic rings. The standard InChI is InChI=1S/C10H20N2/c1-2-8-12(7-1)9-5-10-4-3-6-11-10/h10-11H,1-9H2. The van der Waals surface area contributed by atoms with Crippen molar-refractivity contribution in [3.05, 3.63) is 0 Å². The molecular formula is C10H20N2. The first-order chi connectivity index (χ1) is 5.95. The van der Waals surface area contributed by atoms with E-state index < -0.39 is 0 Å². The Bertz CT molecular complexity index is 108. The minimum Gasteiger partial charge on any atom is -0.314 e. The van der Waals surface area contributed by atoms with Gasteiger partial charge in [-0.05, 0) is 58.3 Å². The molecule has 0 bridgehead atoms. The van der Waals surface area contributed by atoms with Crippen molar-refractivity contribution in [2.24, 2.45) is 0 Å². The fourth-order valence-electron chi connectivity index (χ4n) is 2.35. The van der Waals surface area contributed by atoms with Crippen molar-refractivity contribution in [2.75, 3.05) is 26.2 Å². The van der Waals surface area contributed by atoms with Crippen LogP contribution in [0.15, 0.2) is 0 Å². The Morgan fingerprint density at radius 3 is 2.67 bits per heavy atom. The van der Waals surface area contributed by atoms with Crippen LogP contribution in [-0.4, -0.2) is 37.1 Å². The highest BCUT2D eigenvalue weighted by Gasteiger charge is 2.16. The molecule has 2 heteroatoms. The van der Waals surface area contributed by atoms with Gasteiger partial charge in [-0.2, -0.15) is 0 Å². The van der Waals surface area contributed by atoms with Crippen molar-refractivity contribution >= 4 is 0 Å². The van der Waals surface area contributed by atoms with Crippen LogP contribution in [0.3, 0.4) is 0 Å². The van der Waals surface area contributed by atoms with Crippen molar-refractivity contribution in [2.45, 2.75) is 38.1 Å². The topological polar surface area (TPSA) is 15.3 Å². The van der Waals surface area contributed by atoms with Crippen molar-refractivity contribution < 1.29 is 0 Å². The highest BCUT2D eigenvalue weighted by molar-refractivity contribution is 4.76. The zero-order valence-electron chi connectivity index (χ0n) is 7.89. The Morgan fingerprint density at radius 1 is 1.17 bits per heavy atom. The smallest absolute Gasteiger partial charge is 0.00797 e. The average molecular weight is 168 g/mol. The molecule has 0 saturated carbocycles. The Hall–Kier alpha value is -0.0800. The van der Waals surface area contributed by atoms with Crippen LogP contribution in [0.1, 0.15) is 32.1 Å². The van der Waals surface area contributed by atoms with Crippen molar-refractivity contribution in [1.82, 2.24) is 10.2 Å². The summed E-state index contributed by atoms with van der Waals surface area (Å²) in [6.45, 7) is 5.29. The zero-order valence-corrected chi connectivity index (χ0v) is 7.89. The lowest BCUT2D eigenvalue weighted by atomic mass is 10.1. The van der Waals surface area contributed by atoms with Crippen LogP contribution in [0.5, 0.6) is 0 Å². The quantitative estimate of drug-likeness (QED) is 0.681. The summed E-state index contributed by atoms with van der Waals surface area (Å²) in [6.07, 6.45) is 7.04. The molecule has 1 N–H and O–H groups in total. The van der Waals surface area contributed by atoms with E-state index in [4.69, 9.17) is 0 Å². The number of rotatable bonds is 3. The largest absolute Gasteiger partial charge is 0.314 e. The molecular weight excluding hydrogens is 148 g/mol. The van der Waals surface area contributed by atoms with Gasteiger partial charge in [0.05, 0.1) is 0 Å². The summed E-state index contributed by atoms with van der Waals surface area (Å²) in [5.74, 6) is 0. The molecule has 0 radical (unpaired) electrons. The molecule has 2 nitrogen and oxygen atoms in total. The fourth-order valence-corrected chi connectivity index (χ4v) is 2.35. The molecule has 70 valence electrons. The van der Waals surface area contributed by atoms with Gasteiger partial charge >= 0.3 is 0 Å². The first-order valence-corrected chi connectivity index (χ1v) is 5.41. The van der Waals surface area contributed by atoms with Crippen LogP contribution in [0, 0.1) is 0 Å². The van der Waals surface area contributed by atoms with Crippen LogP contribution in [-0.2, 0) is 0 Å². The molecule has 1 atom stereocenters. The molecule has 0 aromatic carbocycles. The van der Waals surface area contributed by atoms with Gasteiger partial charge in [0.2, 0.25) is 0 Å². The molecule has 2 aliphatic rings. The van der Waals surface area contributed by atoms with Crippen LogP contribution >= 0.6 is 0 Å². The Balaban J connectivity index is 1.60. The van der Waals surface area contributed by atoms with Crippen molar-refractivity contribution in [3.8, 4) is 0 Å². The van der Waals surface area contributed by atoms with E-state index >= 15 is 0 Å². The van der Waals surface area contributed by atoms with Gasteiger partial charge in [-0.25, -0.2) is 0 Å². The Labute approximate surface area is 75.3 Å². The molecule has 0 aromatic heterocycles. The second-order valence-electron chi connectivity index (χ2n) is 4.13. The molecule has 2 saturated heterocycles. The van der Waals surface area contributed by atoms with Gasteiger partial charge in [-0.1, -0.05) is 0 Å². The van der Waals surface area contributed by atoms with Gasteiger partial charge in [-0.15, -0.1) is 0 Å². The van der Waals surface area contributed by atoms with Gasteiger partial charge in [0, 0.05) is 6.04 Å². The third-order valence-electron chi connectivity index (χ3n) is 3.15. The van der Waals surface area contributed by atoms with E-state index in [9.17, 15) is 0 Å². The van der Waals surface area contributed by atoms with E-state index in [2.05, 4.69) is 10.2 Å². The van der Waals surface area contributed by atoms with Crippen LogP contribution < -0.4 is 5.32 Å². The number of hydrogen-bond donors (Lipinski definition) is 1. The first kappa shape index (κ1) is 8.52. The van der Waals surface area contributed by atoms with Crippen molar-refractivity contribution in [1.29, 1.82) is 0 Å². The first-order valence-electron chi connectivity index (χ1n) is 5.41. The molecule has 1 unspecified atom stereocenters. The maximum Gasteiger partial charge on any atom is 0.00797 e. The SMILES string of the molecule is C1CNC(CCN2CCCC2)C1. The van der Waals surface area contributed by atoms with E-state index in [1.165, 1.54) is 58.3 Å². The minimum absolute atomic E-state index is 0.839. The highest BCUT2D eigenvalue weighted by atomic mass is 15.1. The Morgan fingerprint density at radius 2 is 2.00 bits per heavy atom. The lowest BCUT2D eigenvalue weighted by molar-refractivity contribution is 0.316. The van der Waals surface area contributed by atoms with E-state index in [1.54, 1.807) is 0 Å². The van der Waals surface area contributed by atoms with Crippen LogP contribution in [0.25, 0.3) is 0 Å². The van der Waals surface area contributed by atoms with Gasteiger partial charge in [0.15, 0.2) is 0 Å². The second-order valence-corrected chi connectivity index (χ2v) is 4.13. The molecule has 2 rings (SSSR count). The van der Waals surface area contributed by atoms with Gasteiger partial charge in [0.25, 0.3) is 0 Å². The lowest BCUT2D eigenvalue weighted by Gasteiger charge is -2.17. The molecule has 0 amide bonds. The Kier molecular flexibility index (Phi) is 3.01. The van der Waals surface area contributed by atoms with Gasteiger partial charge in [0.1, 0.15) is 0 Å². The summed E-state index contributed by atoms with van der Waals surface area (Å²) < 4.78 is 0. The van der Waals surface area contributed by atoms with Crippen LogP contribution in [0.4, 0.5) is 0 Å². The third-order valence-corrected chi connectivity index (χ3v) is 3.15. The molecule has 2 aliphatic heterocycles. The van der Waals surface area contributed by atoms with E-state index in [1.807, 2.05) is 0 Å². The number of hydrogen-bond acceptors (Lipinski definition) is 2. The summed E-state index contributed by atoms with van der Waals surface area (Å²) in [4.78, 5) is 2.61. The summed E-state index contributed by atoms with van der Waals surface area (Å²) in [6, 6.07) is 0.839. The highest BCUT2D eigenvalue weighted by Crippen LogP contribution is 2.12. The summed E-state index contributed by atoms with van der Waals surface area (Å²) in [5, 5.41) is 3.55. The molecule has 0 spiro atoms. The summed E-state index contributed by atoms with van der Waals surface area (Å²) in [5.41, 5.74) is 0. The lowest BCUT2D eigenvalue weighted by Crippen LogP contribution is -2.28. The maximum atomic E-state index is 3.55. The zero-order chi connectivity index (χ0) is 8.23. The van der Waals surface area contributed by atoms with E-state index in [-0.39, 0.29) is 0 Å². The normalized spacial score (nSPS) is 31.5. The van der Waals surface area contributed by atoms with E-state index in [0.717, 1.165) is 6.04 Å². The van der Waals surface area contributed by atoms with Crippen molar-refractivity contribution in [3.63, 3.8) is 0 Å². The number of likely N-dealkylation sites (tertiary alicyclic amines) is 1. The molecule has 0 aliphatic carbocycles. The second kappa shape index (κ2) is 4.24. The summed E-state index contributed by atoms with van der Waals surface area (Å²) >= 11 is 0. The van der Waals surface area contributed by atoms with Gasteiger partial charge < -0.3 is 10.2 Å². The molecule has 2 heterocycles. The predicted octanol–water partition coefficient (Wildman–Crippen LogP) is 1.22. The fraction of sp³-hybridized carbons (Fsp3) is 1.00. The number of nitrogens with one attached hydrogen (secondary N) is 1. The minimum atomic E-state index is 0.839. The van der Waals surface area contributed by atoms with Crippen LogP contribution in [0.2, 0.25) is 0 Å². The summed E-state index contributed by atoms with van der Waals surface area (Å²) in [7, 11) is 0. The van der Waals surface area contributed by atoms with E-state index in [0.29, 0.717) is 0 Å². The average Bonchev–Trinajstić information content (AvgIpc) is 2.74. The predicted molar refractivity (Wildman–Crippen MR) is 51.3 cm³/mol. The molecule has 2 fully saturated rings. The number of nitrogens with zero attached hydrogens (tertiary/aromatic N) is 1. The maximum absolute atomic E-state index is 3.55.